The van der Waals surface area contributed by atoms with E-state index in [1.54, 1.807) is 24.3 Å². The van der Waals surface area contributed by atoms with Gasteiger partial charge in [-0.3, -0.25) is 9.15 Å². The van der Waals surface area contributed by atoms with Gasteiger partial charge in [-0.15, -0.1) is 0 Å². The fourth-order valence-corrected chi connectivity index (χ4v) is 1.11. The highest BCUT2D eigenvalue weighted by molar-refractivity contribution is 5.76. The number of hydrogen-bond acceptors (Lipinski definition) is 4. The third-order valence-corrected chi connectivity index (χ3v) is 1.71. The Morgan fingerprint density at radius 1 is 0.929 bits per heavy atom. The molecule has 0 bridgehead atoms. The lowest BCUT2D eigenvalue weighted by atomic mass is 10.2. The summed E-state index contributed by atoms with van der Waals surface area (Å²) in [5, 5.41) is 19.0. The summed E-state index contributed by atoms with van der Waals surface area (Å²) in [5.74, 6) is -0.591. The fourth-order valence-electron chi connectivity index (χ4n) is 1.11. The average molecular weight is 192 g/mol. The molecule has 0 aliphatic rings. The van der Waals surface area contributed by atoms with E-state index < -0.39 is 5.95 Å². The van der Waals surface area contributed by atoms with Gasteiger partial charge < -0.3 is 10.2 Å². The number of para-hydroxylation sites is 1. The molecular formula is C10H8O4. The van der Waals surface area contributed by atoms with Crippen LogP contribution in [0.2, 0.25) is 0 Å². The topological polar surface area (TPSA) is 66.7 Å². The van der Waals surface area contributed by atoms with Crippen LogP contribution in [0.5, 0.6) is 11.7 Å². The van der Waals surface area contributed by atoms with E-state index in [0.717, 1.165) is 6.07 Å². The SMILES string of the molecule is Oc1cc(O)ooc2ccccc2c1. The first kappa shape index (κ1) is 8.50. The lowest BCUT2D eigenvalue weighted by Gasteiger charge is -1.93. The lowest BCUT2D eigenvalue weighted by Crippen LogP contribution is -1.69. The molecule has 0 spiro atoms. The highest BCUT2D eigenvalue weighted by Gasteiger charge is 1.96. The highest BCUT2D eigenvalue weighted by Crippen LogP contribution is 2.20. The van der Waals surface area contributed by atoms with E-state index in [0.29, 0.717) is 11.0 Å². The molecule has 0 aliphatic carbocycles. The maximum atomic E-state index is 9.32. The zero-order valence-electron chi connectivity index (χ0n) is 7.18. The molecule has 1 aromatic carbocycles. The molecule has 0 amide bonds. The van der Waals surface area contributed by atoms with Crippen molar-refractivity contribution in [2.45, 2.75) is 0 Å². The number of benzene rings is 1. The van der Waals surface area contributed by atoms with Crippen LogP contribution in [-0.2, 0) is 0 Å². The monoisotopic (exact) mass is 192 g/mol. The first-order valence-corrected chi connectivity index (χ1v) is 4.00. The zero-order valence-corrected chi connectivity index (χ0v) is 7.18. The molecule has 2 rings (SSSR count). The van der Waals surface area contributed by atoms with Gasteiger partial charge in [0.15, 0.2) is 5.58 Å². The van der Waals surface area contributed by atoms with Crippen LogP contribution in [0.15, 0.2) is 45.6 Å². The Morgan fingerprint density at radius 2 is 1.71 bits per heavy atom. The third-order valence-electron chi connectivity index (χ3n) is 1.71. The van der Waals surface area contributed by atoms with Crippen LogP contribution in [0.25, 0.3) is 11.0 Å². The molecule has 2 aromatic rings. The summed E-state index contributed by atoms with van der Waals surface area (Å²) in [4.78, 5) is 0. The Labute approximate surface area is 79.3 Å². The number of rotatable bonds is 0. The molecule has 2 N–H and O–H groups in total. The normalized spacial score (nSPS) is 10.0. The molecule has 0 saturated carbocycles. The molecule has 0 unspecified atom stereocenters. The molecular weight excluding hydrogens is 184 g/mol. The van der Waals surface area contributed by atoms with Crippen molar-refractivity contribution in [3.05, 3.63) is 36.4 Å². The molecule has 1 aromatic heterocycles. The Morgan fingerprint density at radius 3 is 2.57 bits per heavy atom. The van der Waals surface area contributed by atoms with E-state index in [9.17, 15) is 5.11 Å². The molecule has 4 nitrogen and oxygen atoms in total. The minimum Gasteiger partial charge on any atom is -0.508 e. The van der Waals surface area contributed by atoms with Crippen molar-refractivity contribution < 1.29 is 19.4 Å². The van der Waals surface area contributed by atoms with Crippen molar-refractivity contribution in [2.75, 3.05) is 0 Å². The molecule has 0 radical (unpaired) electrons. The molecule has 0 saturated heterocycles. The maximum absolute atomic E-state index is 9.32. The van der Waals surface area contributed by atoms with Gasteiger partial charge in [-0.05, 0) is 12.1 Å². The largest absolute Gasteiger partial charge is 0.508 e. The third kappa shape index (κ3) is 1.64. The minimum absolute atomic E-state index is 0.0988. The van der Waals surface area contributed by atoms with Gasteiger partial charge in [-0.1, -0.05) is 18.2 Å². The van der Waals surface area contributed by atoms with Crippen molar-refractivity contribution in [2.24, 2.45) is 0 Å². The Hall–Kier alpha value is -2.10. The number of hydrogen-bond donors (Lipinski definition) is 2. The van der Waals surface area contributed by atoms with Crippen molar-refractivity contribution in [1.29, 1.82) is 0 Å². The summed E-state index contributed by atoms with van der Waals surface area (Å²) < 4.78 is 9.31. The lowest BCUT2D eigenvalue weighted by molar-refractivity contribution is 0.0340. The van der Waals surface area contributed by atoms with Crippen LogP contribution < -0.4 is 0 Å². The van der Waals surface area contributed by atoms with Crippen molar-refractivity contribution >= 4 is 11.0 Å². The maximum Gasteiger partial charge on any atom is 0.331 e. The van der Waals surface area contributed by atoms with Gasteiger partial charge in [-0.2, -0.15) is 0 Å². The average Bonchev–Trinajstić information content (AvgIpc) is 2.14. The standard InChI is InChI=1S/C10H8O4/c11-8-5-7-3-1-2-4-9(7)13-14-10(12)6-8/h1-6,11-12H. The van der Waals surface area contributed by atoms with E-state index in [-0.39, 0.29) is 5.75 Å². The second-order valence-electron chi connectivity index (χ2n) is 2.76. The summed E-state index contributed by atoms with van der Waals surface area (Å²) in [6.07, 6.45) is 0. The molecule has 4 heteroatoms. The summed E-state index contributed by atoms with van der Waals surface area (Å²) in [5.41, 5.74) is 0.429. The first-order chi connectivity index (χ1) is 6.75. The van der Waals surface area contributed by atoms with Crippen molar-refractivity contribution in [3.8, 4) is 11.7 Å². The van der Waals surface area contributed by atoms with Crippen LogP contribution in [0.4, 0.5) is 0 Å². The van der Waals surface area contributed by atoms with Gasteiger partial charge in [0.05, 0.1) is 6.07 Å². The number of aromatic hydroxyl groups is 2. The highest BCUT2D eigenvalue weighted by atomic mass is 17.0. The smallest absolute Gasteiger partial charge is 0.331 e. The van der Waals surface area contributed by atoms with Gasteiger partial charge in [0, 0.05) is 5.39 Å². The van der Waals surface area contributed by atoms with E-state index in [1.165, 1.54) is 6.07 Å². The molecule has 1 heterocycles. The van der Waals surface area contributed by atoms with Crippen LogP contribution in [0, 0.1) is 0 Å². The molecule has 0 fully saturated rings. The van der Waals surface area contributed by atoms with E-state index in [4.69, 9.17) is 9.68 Å². The van der Waals surface area contributed by atoms with Gasteiger partial charge >= 0.3 is 5.95 Å². The summed E-state index contributed by atoms with van der Waals surface area (Å²) in [7, 11) is 0. The summed E-state index contributed by atoms with van der Waals surface area (Å²) in [6.45, 7) is 0. The molecule has 72 valence electrons. The number of fused-ring (bicyclic) bond motifs is 1. The van der Waals surface area contributed by atoms with Crippen LogP contribution in [0.1, 0.15) is 0 Å². The first-order valence-electron chi connectivity index (χ1n) is 4.00. The van der Waals surface area contributed by atoms with E-state index >= 15 is 0 Å². The second-order valence-corrected chi connectivity index (χ2v) is 2.76. The Bertz CT molecular complexity index is 494. The molecule has 0 aliphatic heterocycles. The second kappa shape index (κ2) is 3.33. The summed E-state index contributed by atoms with van der Waals surface area (Å²) >= 11 is 0. The van der Waals surface area contributed by atoms with Gasteiger partial charge in [-0.25, -0.2) is 0 Å². The van der Waals surface area contributed by atoms with Gasteiger partial charge in [0.1, 0.15) is 5.75 Å². The Kier molecular flexibility index (Phi) is 2.02. The van der Waals surface area contributed by atoms with Crippen molar-refractivity contribution in [3.63, 3.8) is 0 Å². The van der Waals surface area contributed by atoms with E-state index in [2.05, 4.69) is 4.58 Å². The Balaban J connectivity index is 2.85. The van der Waals surface area contributed by atoms with Crippen LogP contribution in [0.3, 0.4) is 0 Å². The predicted molar refractivity (Wildman–Crippen MR) is 49.4 cm³/mol. The van der Waals surface area contributed by atoms with Gasteiger partial charge in [0.25, 0.3) is 0 Å². The quantitative estimate of drug-likeness (QED) is 0.629. The minimum atomic E-state index is -0.492. The van der Waals surface area contributed by atoms with E-state index in [1.807, 2.05) is 0 Å². The fraction of sp³-hybridized carbons (Fsp3) is 0. The summed E-state index contributed by atoms with van der Waals surface area (Å²) in [6, 6.07) is 9.50. The molecule has 0 atom stereocenters. The zero-order chi connectivity index (χ0) is 9.97. The van der Waals surface area contributed by atoms with Crippen molar-refractivity contribution in [1.82, 2.24) is 0 Å². The van der Waals surface area contributed by atoms with Crippen LogP contribution >= 0.6 is 0 Å². The molecule has 14 heavy (non-hydrogen) atoms. The predicted octanol–water partition coefficient (Wildman–Crippen LogP) is 2.56. The van der Waals surface area contributed by atoms with Gasteiger partial charge in [0.2, 0.25) is 0 Å². The van der Waals surface area contributed by atoms with Crippen LogP contribution in [-0.4, -0.2) is 10.2 Å².